The highest BCUT2D eigenvalue weighted by atomic mass is 32.2. The van der Waals surface area contributed by atoms with Crippen LogP contribution in [0.25, 0.3) is 10.9 Å². The van der Waals surface area contributed by atoms with Crippen LogP contribution in [0.2, 0.25) is 0 Å². The van der Waals surface area contributed by atoms with E-state index in [4.69, 9.17) is 14.2 Å². The first-order valence-corrected chi connectivity index (χ1v) is 22.3. The van der Waals surface area contributed by atoms with Gasteiger partial charge in [-0.05, 0) is 82.3 Å². The molecule has 318 valence electrons. The summed E-state index contributed by atoms with van der Waals surface area (Å²) in [6.07, 6.45) is 8.19. The first kappa shape index (κ1) is 42.9. The van der Waals surface area contributed by atoms with Gasteiger partial charge in [-0.1, -0.05) is 39.2 Å². The van der Waals surface area contributed by atoms with Crippen molar-refractivity contribution in [2.24, 2.45) is 17.8 Å². The molecule has 17 heteroatoms. The number of ether oxygens (including phenoxy) is 3. The molecule has 16 nitrogen and oxygen atoms in total. The Kier molecular flexibility index (Phi) is 13.7. The maximum absolute atomic E-state index is 14.8. The standard InChI is InChI=1S/C41H58N6O10S/c1-6-12-25-15-11-16-33(25)57-41(52)44-35(26-13-9-10-14-26)39(51)47-23-28(56-40-42-31-21-27(55-5)17-20-30(31)38(50)46(40)8-3)22-32(47)36(48)43-34(24(4)7-2)37(49)45-58(53,54)29-18-19-29/h7,17,20-21,24-26,28-29,32-35H,2,6,8-16,18-19,22-23H2,1,3-5H3,(H,43,48)(H,44,52)(H,45,49)/t24-,25+,28+,32-,33+,34?,35-/m0/s1. The van der Waals surface area contributed by atoms with Gasteiger partial charge in [-0.25, -0.2) is 13.2 Å². The second kappa shape index (κ2) is 18.5. The van der Waals surface area contributed by atoms with Gasteiger partial charge >= 0.3 is 6.09 Å². The third kappa shape index (κ3) is 9.61. The van der Waals surface area contributed by atoms with E-state index in [1.807, 2.05) is 0 Å². The average molecular weight is 827 g/mol. The van der Waals surface area contributed by atoms with Crippen molar-refractivity contribution in [3.63, 3.8) is 0 Å². The largest absolute Gasteiger partial charge is 0.497 e. The molecule has 2 aromatic rings. The van der Waals surface area contributed by atoms with Crippen LogP contribution in [0.1, 0.15) is 97.8 Å². The van der Waals surface area contributed by atoms with Crippen LogP contribution in [-0.2, 0) is 35.7 Å². The molecule has 3 aliphatic carbocycles. The van der Waals surface area contributed by atoms with E-state index in [2.05, 4.69) is 33.8 Å². The minimum Gasteiger partial charge on any atom is -0.497 e. The molecule has 0 bridgehead atoms. The maximum Gasteiger partial charge on any atom is 0.408 e. The molecule has 3 N–H and O–H groups in total. The molecule has 1 unspecified atom stereocenters. The molecule has 4 amide bonds. The molecule has 3 saturated carbocycles. The zero-order valence-corrected chi connectivity index (χ0v) is 34.8. The Morgan fingerprint density at radius 3 is 2.43 bits per heavy atom. The lowest BCUT2D eigenvalue weighted by molar-refractivity contribution is -0.142. The topological polar surface area (TPSA) is 204 Å². The van der Waals surface area contributed by atoms with Gasteiger partial charge in [0, 0.05) is 24.9 Å². The van der Waals surface area contributed by atoms with E-state index < -0.39 is 69.2 Å². The summed E-state index contributed by atoms with van der Waals surface area (Å²) in [5.41, 5.74) is -0.00335. The number of benzene rings is 1. The van der Waals surface area contributed by atoms with E-state index in [1.54, 1.807) is 32.0 Å². The number of fused-ring (bicyclic) bond motifs is 1. The quantitative estimate of drug-likeness (QED) is 0.195. The Hall–Kier alpha value is -4.67. The fourth-order valence-corrected chi connectivity index (χ4v) is 10.0. The Morgan fingerprint density at radius 2 is 1.78 bits per heavy atom. The molecule has 1 aromatic carbocycles. The van der Waals surface area contributed by atoms with Crippen molar-refractivity contribution in [2.75, 3.05) is 13.7 Å². The second-order valence-electron chi connectivity index (χ2n) is 16.2. The number of methoxy groups -OCH3 is 1. The van der Waals surface area contributed by atoms with Gasteiger partial charge in [-0.2, -0.15) is 4.98 Å². The molecule has 1 aliphatic heterocycles. The first-order chi connectivity index (χ1) is 27.8. The molecule has 6 rings (SSSR count). The van der Waals surface area contributed by atoms with Gasteiger partial charge in [0.2, 0.25) is 21.8 Å². The Labute approximate surface area is 339 Å². The first-order valence-electron chi connectivity index (χ1n) is 20.8. The summed E-state index contributed by atoms with van der Waals surface area (Å²) in [5.74, 6) is -2.30. The predicted molar refractivity (Wildman–Crippen MR) is 216 cm³/mol. The van der Waals surface area contributed by atoms with Crippen molar-refractivity contribution in [2.45, 2.75) is 140 Å². The lowest BCUT2D eigenvalue weighted by Gasteiger charge is -2.32. The zero-order chi connectivity index (χ0) is 41.7. The maximum atomic E-state index is 14.8. The monoisotopic (exact) mass is 826 g/mol. The summed E-state index contributed by atoms with van der Waals surface area (Å²) >= 11 is 0. The van der Waals surface area contributed by atoms with Crippen LogP contribution in [-0.4, -0.2) is 95.9 Å². The number of nitrogens with zero attached hydrogens (tertiary/aromatic N) is 3. The normalized spacial score (nSPS) is 23.8. The summed E-state index contributed by atoms with van der Waals surface area (Å²) in [7, 11) is -2.44. The van der Waals surface area contributed by atoms with Gasteiger partial charge in [0.05, 0.1) is 29.8 Å². The summed E-state index contributed by atoms with van der Waals surface area (Å²) in [6, 6.07) is 1.34. The minimum atomic E-state index is -3.94. The van der Waals surface area contributed by atoms with E-state index in [1.165, 1.54) is 22.7 Å². The smallest absolute Gasteiger partial charge is 0.408 e. The summed E-state index contributed by atoms with van der Waals surface area (Å²) in [6.45, 7) is 9.36. The number of likely N-dealkylation sites (tertiary alicyclic amines) is 1. The van der Waals surface area contributed by atoms with Crippen molar-refractivity contribution in [1.82, 2.24) is 29.8 Å². The number of carbonyl (C=O) groups is 4. The Morgan fingerprint density at radius 1 is 1.03 bits per heavy atom. The van der Waals surface area contributed by atoms with Gasteiger partial charge in [0.15, 0.2) is 0 Å². The molecule has 0 radical (unpaired) electrons. The van der Waals surface area contributed by atoms with Crippen molar-refractivity contribution in [3.05, 3.63) is 41.2 Å². The van der Waals surface area contributed by atoms with Crippen LogP contribution >= 0.6 is 0 Å². The highest BCUT2D eigenvalue weighted by molar-refractivity contribution is 7.90. The number of hydrogen-bond donors (Lipinski definition) is 3. The molecule has 1 saturated heterocycles. The third-order valence-electron chi connectivity index (χ3n) is 12.2. The van der Waals surface area contributed by atoms with Crippen LogP contribution in [0.5, 0.6) is 11.8 Å². The number of alkyl carbamates (subject to hydrolysis) is 1. The van der Waals surface area contributed by atoms with Crippen LogP contribution in [0.15, 0.2) is 35.6 Å². The molecule has 2 heterocycles. The zero-order valence-electron chi connectivity index (χ0n) is 33.9. The average Bonchev–Trinajstić information content (AvgIpc) is 3.54. The molecule has 4 fully saturated rings. The van der Waals surface area contributed by atoms with Crippen molar-refractivity contribution in [3.8, 4) is 11.8 Å². The molecule has 58 heavy (non-hydrogen) atoms. The second-order valence-corrected chi connectivity index (χ2v) is 18.2. The Bertz CT molecular complexity index is 2030. The van der Waals surface area contributed by atoms with Crippen molar-refractivity contribution < 1.29 is 41.8 Å². The fourth-order valence-electron chi connectivity index (χ4n) is 8.70. The van der Waals surface area contributed by atoms with E-state index >= 15 is 0 Å². The van der Waals surface area contributed by atoms with E-state index in [0.29, 0.717) is 42.3 Å². The van der Waals surface area contributed by atoms with Crippen LogP contribution < -0.4 is 30.4 Å². The van der Waals surface area contributed by atoms with Gasteiger partial charge < -0.3 is 29.7 Å². The highest BCUT2D eigenvalue weighted by Crippen LogP contribution is 2.34. The van der Waals surface area contributed by atoms with Crippen LogP contribution in [0, 0.1) is 17.8 Å². The van der Waals surface area contributed by atoms with Crippen molar-refractivity contribution in [1.29, 1.82) is 0 Å². The molecule has 4 aliphatic rings. The lowest BCUT2D eigenvalue weighted by Crippen LogP contribution is -2.59. The van der Waals surface area contributed by atoms with Gasteiger partial charge in [0.25, 0.3) is 17.5 Å². The van der Waals surface area contributed by atoms with E-state index in [0.717, 1.165) is 44.9 Å². The number of rotatable bonds is 17. The van der Waals surface area contributed by atoms with Crippen LogP contribution in [0.3, 0.4) is 0 Å². The molecular weight excluding hydrogens is 769 g/mol. The number of carbonyl (C=O) groups excluding carboxylic acids is 4. The van der Waals surface area contributed by atoms with Gasteiger partial charge in [0.1, 0.15) is 36.1 Å². The number of aromatic nitrogens is 2. The van der Waals surface area contributed by atoms with E-state index in [9.17, 15) is 32.4 Å². The molecule has 1 aromatic heterocycles. The van der Waals surface area contributed by atoms with Gasteiger partial charge in [-0.3, -0.25) is 28.5 Å². The SMILES string of the molecule is C=C[C@H](C)C(NC(=O)[C@@H]1C[C@@H](Oc2nc3cc(OC)ccc3c(=O)n2CC)CN1C(=O)[C@@H](NC(=O)O[C@@H]1CCC[C@H]1CCC)C1CCCC1)C(=O)NS(=O)(=O)C1CC1. The summed E-state index contributed by atoms with van der Waals surface area (Å²) < 4.78 is 46.7. The fraction of sp³-hybridized carbons (Fsp3) is 0.659. The number of nitrogens with one attached hydrogen (secondary N) is 3. The number of sulfonamides is 1. The summed E-state index contributed by atoms with van der Waals surface area (Å²) in [5, 5.41) is 5.29. The molecule has 0 spiro atoms. The van der Waals surface area contributed by atoms with Gasteiger partial charge in [-0.15, -0.1) is 6.58 Å². The van der Waals surface area contributed by atoms with Crippen LogP contribution in [0.4, 0.5) is 4.79 Å². The number of amides is 4. The minimum absolute atomic E-state index is 0.0123. The third-order valence-corrected chi connectivity index (χ3v) is 14.0. The predicted octanol–water partition coefficient (Wildman–Crippen LogP) is 3.94. The molecular formula is C41H58N6O10S. The van der Waals surface area contributed by atoms with E-state index in [-0.39, 0.29) is 49.0 Å². The lowest BCUT2D eigenvalue weighted by atomic mass is 9.96. The van der Waals surface area contributed by atoms with Crippen molar-refractivity contribution >= 4 is 44.7 Å². The highest BCUT2D eigenvalue weighted by Gasteiger charge is 2.47. The number of hydrogen-bond acceptors (Lipinski definition) is 11. The summed E-state index contributed by atoms with van der Waals surface area (Å²) in [4.78, 5) is 75.8. The molecule has 7 atom stereocenters. The Balaban J connectivity index is 1.30.